The number of benzene rings is 1. The molecule has 1 aromatic carbocycles. The van der Waals surface area contributed by atoms with Crippen molar-refractivity contribution in [3.8, 4) is 0 Å². The normalized spacial score (nSPS) is 23.2. The third-order valence-corrected chi connectivity index (χ3v) is 6.37. The summed E-state index contributed by atoms with van der Waals surface area (Å²) in [4.78, 5) is 14.3. The summed E-state index contributed by atoms with van der Waals surface area (Å²) in [7, 11) is -3.56. The summed E-state index contributed by atoms with van der Waals surface area (Å²) >= 11 is 5.81. The molecule has 0 aliphatic carbocycles. The first kappa shape index (κ1) is 17.6. The van der Waals surface area contributed by atoms with E-state index in [4.69, 9.17) is 16.3 Å². The van der Waals surface area contributed by atoms with Crippen molar-refractivity contribution in [2.75, 3.05) is 45.9 Å². The van der Waals surface area contributed by atoms with E-state index in [0.29, 0.717) is 31.3 Å². The summed E-state index contributed by atoms with van der Waals surface area (Å²) in [6.07, 6.45) is -0.474. The number of hydrogen-bond acceptors (Lipinski definition) is 5. The van der Waals surface area contributed by atoms with Gasteiger partial charge in [0.15, 0.2) is 0 Å². The van der Waals surface area contributed by atoms with E-state index in [1.54, 1.807) is 17.0 Å². The zero-order valence-corrected chi connectivity index (χ0v) is 14.7. The monoisotopic (exact) mass is 373 g/mol. The van der Waals surface area contributed by atoms with Gasteiger partial charge in [-0.3, -0.25) is 4.79 Å². The number of nitrogens with one attached hydrogen (secondary N) is 1. The zero-order valence-electron chi connectivity index (χ0n) is 13.2. The molecule has 2 heterocycles. The second-order valence-corrected chi connectivity index (χ2v) is 8.12. The molecular weight excluding hydrogens is 354 g/mol. The van der Waals surface area contributed by atoms with Crippen LogP contribution < -0.4 is 5.32 Å². The maximum atomic E-state index is 12.6. The first-order valence-electron chi connectivity index (χ1n) is 7.85. The van der Waals surface area contributed by atoms with Gasteiger partial charge in [-0.1, -0.05) is 11.6 Å². The van der Waals surface area contributed by atoms with Crippen LogP contribution >= 0.6 is 11.6 Å². The molecular formula is C15H20ClN3O4S. The van der Waals surface area contributed by atoms with Crippen molar-refractivity contribution in [2.45, 2.75) is 11.0 Å². The first-order valence-corrected chi connectivity index (χ1v) is 9.67. The van der Waals surface area contributed by atoms with Crippen LogP contribution in [0.3, 0.4) is 0 Å². The molecule has 9 heteroatoms. The predicted octanol–water partition coefficient (Wildman–Crippen LogP) is 0.161. The van der Waals surface area contributed by atoms with Crippen LogP contribution in [0.2, 0.25) is 5.02 Å². The van der Waals surface area contributed by atoms with Crippen molar-refractivity contribution in [3.05, 3.63) is 29.3 Å². The Labute approximate surface area is 146 Å². The molecule has 2 fully saturated rings. The first-order chi connectivity index (χ1) is 11.5. The number of morpholine rings is 1. The highest BCUT2D eigenvalue weighted by molar-refractivity contribution is 7.89. The van der Waals surface area contributed by atoms with Gasteiger partial charge >= 0.3 is 0 Å². The SMILES string of the molecule is O=C(C1CNCCO1)N1CCN(S(=O)(=O)c2ccc(Cl)cc2)CC1. The summed E-state index contributed by atoms with van der Waals surface area (Å²) < 4.78 is 32.1. The van der Waals surface area contributed by atoms with Gasteiger partial charge in [-0.05, 0) is 24.3 Å². The number of sulfonamides is 1. The fourth-order valence-electron chi connectivity index (χ4n) is 2.83. The summed E-state index contributed by atoms with van der Waals surface area (Å²) in [5.74, 6) is -0.0780. The van der Waals surface area contributed by atoms with Crippen molar-refractivity contribution in [1.29, 1.82) is 0 Å². The van der Waals surface area contributed by atoms with Crippen LogP contribution in [-0.4, -0.2) is 75.5 Å². The summed E-state index contributed by atoms with van der Waals surface area (Å²) in [6.45, 7) is 3.05. The van der Waals surface area contributed by atoms with Gasteiger partial charge in [-0.15, -0.1) is 0 Å². The average Bonchev–Trinajstić information content (AvgIpc) is 2.62. The molecule has 132 valence electrons. The number of carbonyl (C=O) groups excluding carboxylic acids is 1. The van der Waals surface area contributed by atoms with Crippen LogP contribution in [0.25, 0.3) is 0 Å². The minimum Gasteiger partial charge on any atom is -0.366 e. The van der Waals surface area contributed by atoms with E-state index >= 15 is 0 Å². The van der Waals surface area contributed by atoms with Crippen LogP contribution in [0.15, 0.2) is 29.2 Å². The van der Waals surface area contributed by atoms with Gasteiger partial charge < -0.3 is 15.0 Å². The topological polar surface area (TPSA) is 79.0 Å². The van der Waals surface area contributed by atoms with Gasteiger partial charge in [0.05, 0.1) is 11.5 Å². The lowest BCUT2D eigenvalue weighted by atomic mass is 10.2. The van der Waals surface area contributed by atoms with Crippen LogP contribution in [-0.2, 0) is 19.6 Å². The number of nitrogens with zero attached hydrogens (tertiary/aromatic N) is 2. The molecule has 0 spiro atoms. The van der Waals surface area contributed by atoms with Crippen molar-refractivity contribution in [3.63, 3.8) is 0 Å². The van der Waals surface area contributed by atoms with Crippen molar-refractivity contribution in [2.24, 2.45) is 0 Å². The molecule has 2 saturated heterocycles. The molecule has 7 nitrogen and oxygen atoms in total. The minimum absolute atomic E-state index is 0.0780. The Morgan fingerprint density at radius 2 is 1.83 bits per heavy atom. The summed E-state index contributed by atoms with van der Waals surface area (Å²) in [5, 5.41) is 3.62. The van der Waals surface area contributed by atoms with Gasteiger partial charge in [0.2, 0.25) is 10.0 Å². The molecule has 0 aromatic heterocycles. The smallest absolute Gasteiger partial charge is 0.253 e. The van der Waals surface area contributed by atoms with E-state index in [2.05, 4.69) is 5.32 Å². The fraction of sp³-hybridized carbons (Fsp3) is 0.533. The minimum atomic E-state index is -3.56. The predicted molar refractivity (Wildman–Crippen MR) is 89.4 cm³/mol. The Balaban J connectivity index is 1.62. The lowest BCUT2D eigenvalue weighted by Crippen LogP contribution is -2.55. The highest BCUT2D eigenvalue weighted by atomic mass is 35.5. The summed E-state index contributed by atoms with van der Waals surface area (Å²) in [6, 6.07) is 6.11. The Morgan fingerprint density at radius 3 is 2.42 bits per heavy atom. The number of hydrogen-bond donors (Lipinski definition) is 1. The van der Waals surface area contributed by atoms with Crippen LogP contribution in [0, 0.1) is 0 Å². The molecule has 0 bridgehead atoms. The molecule has 1 atom stereocenters. The number of halogens is 1. The molecule has 2 aliphatic rings. The standard InChI is InChI=1S/C15H20ClN3O4S/c16-12-1-3-13(4-2-12)24(21,22)19-8-6-18(7-9-19)15(20)14-11-17-5-10-23-14/h1-4,14,17H,5-11H2. The van der Waals surface area contributed by atoms with E-state index in [0.717, 1.165) is 6.54 Å². The fourth-order valence-corrected chi connectivity index (χ4v) is 4.38. The van der Waals surface area contributed by atoms with Crippen LogP contribution in [0.4, 0.5) is 0 Å². The van der Waals surface area contributed by atoms with Crippen molar-refractivity contribution >= 4 is 27.5 Å². The highest BCUT2D eigenvalue weighted by Gasteiger charge is 2.33. The van der Waals surface area contributed by atoms with Gasteiger partial charge in [0.25, 0.3) is 5.91 Å². The van der Waals surface area contributed by atoms with Gasteiger partial charge in [0.1, 0.15) is 6.10 Å². The van der Waals surface area contributed by atoms with Crippen molar-refractivity contribution < 1.29 is 17.9 Å². The maximum absolute atomic E-state index is 12.6. The quantitative estimate of drug-likeness (QED) is 0.816. The summed E-state index contributed by atoms with van der Waals surface area (Å²) in [5.41, 5.74) is 0. The molecule has 2 aliphatic heterocycles. The molecule has 24 heavy (non-hydrogen) atoms. The largest absolute Gasteiger partial charge is 0.366 e. The second kappa shape index (κ2) is 7.37. The zero-order chi connectivity index (χ0) is 17.2. The Hall–Kier alpha value is -1.19. The van der Waals surface area contributed by atoms with Gasteiger partial charge in [-0.25, -0.2) is 8.42 Å². The van der Waals surface area contributed by atoms with E-state index in [1.165, 1.54) is 16.4 Å². The van der Waals surface area contributed by atoms with E-state index in [-0.39, 0.29) is 23.9 Å². The number of piperazine rings is 1. The lowest BCUT2D eigenvalue weighted by molar-refractivity contribution is -0.146. The van der Waals surface area contributed by atoms with E-state index in [1.807, 2.05) is 0 Å². The molecule has 0 saturated carbocycles. The number of carbonyl (C=O) groups is 1. The van der Waals surface area contributed by atoms with Crippen molar-refractivity contribution in [1.82, 2.24) is 14.5 Å². The second-order valence-electron chi connectivity index (χ2n) is 5.75. The third-order valence-electron chi connectivity index (χ3n) is 4.20. The average molecular weight is 374 g/mol. The molecule has 1 aromatic rings. The Bertz CT molecular complexity index is 681. The Kier molecular flexibility index (Phi) is 5.41. The molecule has 1 amide bonds. The Morgan fingerprint density at radius 1 is 1.17 bits per heavy atom. The van der Waals surface area contributed by atoms with E-state index in [9.17, 15) is 13.2 Å². The highest BCUT2D eigenvalue weighted by Crippen LogP contribution is 2.20. The maximum Gasteiger partial charge on any atom is 0.253 e. The number of ether oxygens (including phenoxy) is 1. The number of amides is 1. The van der Waals surface area contributed by atoms with Crippen LogP contribution in [0.5, 0.6) is 0 Å². The lowest BCUT2D eigenvalue weighted by Gasteiger charge is -2.36. The van der Waals surface area contributed by atoms with Crippen LogP contribution in [0.1, 0.15) is 0 Å². The number of rotatable bonds is 3. The third kappa shape index (κ3) is 3.73. The van der Waals surface area contributed by atoms with E-state index < -0.39 is 16.1 Å². The molecule has 1 N–H and O–H groups in total. The van der Waals surface area contributed by atoms with Gasteiger partial charge in [0, 0.05) is 44.3 Å². The molecule has 0 radical (unpaired) electrons. The molecule has 3 rings (SSSR count). The molecule has 1 unspecified atom stereocenters. The van der Waals surface area contributed by atoms with Gasteiger partial charge in [-0.2, -0.15) is 4.31 Å².